The van der Waals surface area contributed by atoms with E-state index >= 15 is 0 Å². The maximum absolute atomic E-state index is 13.4. The molecule has 5 heteroatoms. The fourth-order valence-electron chi connectivity index (χ4n) is 2.06. The van der Waals surface area contributed by atoms with Gasteiger partial charge >= 0.3 is 0 Å². The van der Waals surface area contributed by atoms with Gasteiger partial charge in [-0.2, -0.15) is 0 Å². The van der Waals surface area contributed by atoms with Crippen LogP contribution < -0.4 is 5.32 Å². The Morgan fingerprint density at radius 2 is 2.22 bits per heavy atom. The number of aromatic nitrogens is 3. The number of halogens is 1. The molecule has 0 aliphatic rings. The van der Waals surface area contributed by atoms with Crippen molar-refractivity contribution < 1.29 is 4.39 Å². The van der Waals surface area contributed by atoms with Crippen LogP contribution in [-0.4, -0.2) is 21.5 Å². The highest BCUT2D eigenvalue weighted by Crippen LogP contribution is 2.24. The lowest BCUT2D eigenvalue weighted by Gasteiger charge is -2.20. The fraction of sp³-hybridized carbons (Fsp3) is 0.385. The van der Waals surface area contributed by atoms with Gasteiger partial charge in [0, 0.05) is 7.05 Å². The van der Waals surface area contributed by atoms with Gasteiger partial charge in [-0.1, -0.05) is 18.2 Å². The molecule has 2 rings (SSSR count). The molecule has 0 radical (unpaired) electrons. The Labute approximate surface area is 106 Å². The molecule has 1 N–H and O–H groups in total. The zero-order chi connectivity index (χ0) is 13.1. The van der Waals surface area contributed by atoms with Crippen LogP contribution >= 0.6 is 0 Å². The van der Waals surface area contributed by atoms with Crippen LogP contribution in [0.15, 0.2) is 24.4 Å². The molecule has 0 aliphatic heterocycles. The van der Waals surface area contributed by atoms with Crippen LogP contribution in [0.25, 0.3) is 0 Å². The maximum atomic E-state index is 13.4. The van der Waals surface area contributed by atoms with Gasteiger partial charge in [-0.3, -0.25) is 4.68 Å². The number of rotatable bonds is 4. The summed E-state index contributed by atoms with van der Waals surface area (Å²) < 4.78 is 15.1. The first-order valence-corrected chi connectivity index (χ1v) is 5.97. The molecular formula is C13H17FN4. The molecule has 2 aromatic rings. The first kappa shape index (κ1) is 12.7. The highest BCUT2D eigenvalue weighted by atomic mass is 19.1. The number of aryl methyl sites for hydroxylation is 2. The smallest absolute Gasteiger partial charge is 0.123 e. The van der Waals surface area contributed by atoms with E-state index in [1.54, 1.807) is 23.0 Å². The van der Waals surface area contributed by atoms with Crippen molar-refractivity contribution >= 4 is 0 Å². The summed E-state index contributed by atoms with van der Waals surface area (Å²) in [6.07, 6.45) is 1.71. The second-order valence-corrected chi connectivity index (χ2v) is 4.27. The van der Waals surface area contributed by atoms with E-state index in [1.165, 1.54) is 6.07 Å². The normalized spacial score (nSPS) is 12.7. The average molecular weight is 248 g/mol. The van der Waals surface area contributed by atoms with E-state index in [0.717, 1.165) is 23.4 Å². The Morgan fingerprint density at radius 3 is 2.83 bits per heavy atom. The lowest BCUT2D eigenvalue weighted by atomic mass is 9.98. The van der Waals surface area contributed by atoms with E-state index in [1.807, 2.05) is 20.9 Å². The Morgan fingerprint density at radius 1 is 1.44 bits per heavy atom. The largest absolute Gasteiger partial charge is 0.305 e. The third-order valence-electron chi connectivity index (χ3n) is 3.01. The van der Waals surface area contributed by atoms with Gasteiger partial charge < -0.3 is 5.32 Å². The van der Waals surface area contributed by atoms with Gasteiger partial charge in [0.2, 0.25) is 0 Å². The van der Waals surface area contributed by atoms with Gasteiger partial charge in [0.15, 0.2) is 0 Å². The molecule has 0 spiro atoms. The van der Waals surface area contributed by atoms with Crippen molar-refractivity contribution in [1.29, 1.82) is 0 Å². The SMILES string of the molecule is CCNC(c1cc(F)ccc1C)c1cnnn1C. The monoisotopic (exact) mass is 248 g/mol. The molecule has 18 heavy (non-hydrogen) atoms. The summed E-state index contributed by atoms with van der Waals surface area (Å²) in [4.78, 5) is 0. The summed E-state index contributed by atoms with van der Waals surface area (Å²) in [5.41, 5.74) is 2.89. The predicted octanol–water partition coefficient (Wildman–Crippen LogP) is 1.96. The maximum Gasteiger partial charge on any atom is 0.123 e. The molecule has 4 nitrogen and oxygen atoms in total. The number of hydrogen-bond donors (Lipinski definition) is 1. The zero-order valence-electron chi connectivity index (χ0n) is 10.8. The summed E-state index contributed by atoms with van der Waals surface area (Å²) in [7, 11) is 1.83. The zero-order valence-corrected chi connectivity index (χ0v) is 10.8. The highest BCUT2D eigenvalue weighted by molar-refractivity contribution is 5.34. The predicted molar refractivity (Wildman–Crippen MR) is 67.7 cm³/mol. The minimum Gasteiger partial charge on any atom is -0.305 e. The van der Waals surface area contributed by atoms with Crippen LogP contribution in [0.5, 0.6) is 0 Å². The number of benzene rings is 1. The topological polar surface area (TPSA) is 42.7 Å². The molecule has 1 atom stereocenters. The van der Waals surface area contributed by atoms with Crippen molar-refractivity contribution in [2.24, 2.45) is 7.05 Å². The molecule has 1 heterocycles. The van der Waals surface area contributed by atoms with Gasteiger partial charge in [-0.15, -0.1) is 5.10 Å². The quantitative estimate of drug-likeness (QED) is 0.899. The molecule has 0 amide bonds. The molecule has 1 unspecified atom stereocenters. The van der Waals surface area contributed by atoms with Crippen LogP contribution in [0.3, 0.4) is 0 Å². The Bertz CT molecular complexity index is 536. The van der Waals surface area contributed by atoms with Crippen molar-refractivity contribution in [1.82, 2.24) is 20.3 Å². The first-order chi connectivity index (χ1) is 8.63. The van der Waals surface area contributed by atoms with Crippen LogP contribution in [0.2, 0.25) is 0 Å². The van der Waals surface area contributed by atoms with Crippen molar-refractivity contribution in [3.63, 3.8) is 0 Å². The molecule has 0 saturated heterocycles. The number of hydrogen-bond acceptors (Lipinski definition) is 3. The van der Waals surface area contributed by atoms with Crippen molar-refractivity contribution in [2.75, 3.05) is 6.54 Å². The van der Waals surface area contributed by atoms with E-state index in [4.69, 9.17) is 0 Å². The molecule has 0 fully saturated rings. The minimum atomic E-state index is -0.228. The molecule has 1 aromatic carbocycles. The average Bonchev–Trinajstić information content (AvgIpc) is 2.76. The van der Waals surface area contributed by atoms with Gasteiger partial charge in [0.05, 0.1) is 17.9 Å². The molecule has 0 bridgehead atoms. The van der Waals surface area contributed by atoms with Crippen molar-refractivity contribution in [3.8, 4) is 0 Å². The van der Waals surface area contributed by atoms with Gasteiger partial charge in [-0.05, 0) is 36.7 Å². The standard InChI is InChI=1S/C13H17FN4/c1-4-15-13(12-8-16-17-18(12)3)11-7-10(14)6-5-9(11)2/h5-8,13,15H,4H2,1-3H3. The van der Waals surface area contributed by atoms with Crippen LogP contribution in [0, 0.1) is 12.7 Å². The number of nitrogens with zero attached hydrogens (tertiary/aromatic N) is 3. The van der Waals surface area contributed by atoms with E-state index in [0.29, 0.717) is 0 Å². The lowest BCUT2D eigenvalue weighted by molar-refractivity contribution is 0.559. The molecule has 96 valence electrons. The minimum absolute atomic E-state index is 0.0919. The molecule has 1 aromatic heterocycles. The van der Waals surface area contributed by atoms with Gasteiger partial charge in [-0.25, -0.2) is 4.39 Å². The van der Waals surface area contributed by atoms with E-state index in [9.17, 15) is 4.39 Å². The van der Waals surface area contributed by atoms with E-state index in [-0.39, 0.29) is 11.9 Å². The van der Waals surface area contributed by atoms with Crippen molar-refractivity contribution in [2.45, 2.75) is 19.9 Å². The summed E-state index contributed by atoms with van der Waals surface area (Å²) in [6.45, 7) is 4.78. The number of nitrogens with one attached hydrogen (secondary N) is 1. The molecule has 0 saturated carbocycles. The Balaban J connectivity index is 2.48. The second-order valence-electron chi connectivity index (χ2n) is 4.27. The molecule has 0 aliphatic carbocycles. The summed E-state index contributed by atoms with van der Waals surface area (Å²) in [5.74, 6) is -0.228. The van der Waals surface area contributed by atoms with Crippen LogP contribution in [0.4, 0.5) is 4.39 Å². The third-order valence-corrected chi connectivity index (χ3v) is 3.01. The summed E-state index contributed by atoms with van der Waals surface area (Å²) in [6, 6.07) is 4.74. The van der Waals surface area contributed by atoms with Crippen molar-refractivity contribution in [3.05, 3.63) is 47.0 Å². The van der Waals surface area contributed by atoms with E-state index < -0.39 is 0 Å². The van der Waals surface area contributed by atoms with Crippen LogP contribution in [0.1, 0.15) is 29.8 Å². The Kier molecular flexibility index (Phi) is 3.72. The van der Waals surface area contributed by atoms with E-state index in [2.05, 4.69) is 15.6 Å². The Hall–Kier alpha value is -1.75. The van der Waals surface area contributed by atoms with Gasteiger partial charge in [0.1, 0.15) is 5.82 Å². The first-order valence-electron chi connectivity index (χ1n) is 5.97. The third kappa shape index (κ3) is 2.41. The van der Waals surface area contributed by atoms with Gasteiger partial charge in [0.25, 0.3) is 0 Å². The molecular weight excluding hydrogens is 231 g/mol. The fourth-order valence-corrected chi connectivity index (χ4v) is 2.06. The lowest BCUT2D eigenvalue weighted by Crippen LogP contribution is -2.25. The highest BCUT2D eigenvalue weighted by Gasteiger charge is 2.19. The second kappa shape index (κ2) is 5.27. The summed E-state index contributed by atoms with van der Waals surface area (Å²) in [5, 5.41) is 11.2. The summed E-state index contributed by atoms with van der Waals surface area (Å²) >= 11 is 0. The van der Waals surface area contributed by atoms with Crippen LogP contribution in [-0.2, 0) is 7.05 Å².